The lowest BCUT2D eigenvalue weighted by atomic mass is 9.97. The topological polar surface area (TPSA) is 24.9 Å². The summed E-state index contributed by atoms with van der Waals surface area (Å²) in [6.45, 7) is 7.35. The average Bonchev–Trinajstić information content (AvgIpc) is 2.46. The second kappa shape index (κ2) is 7.20. The van der Waals surface area contributed by atoms with E-state index in [2.05, 4.69) is 60.5 Å². The molecule has 20 heavy (non-hydrogen) atoms. The molecule has 1 aromatic heterocycles. The van der Waals surface area contributed by atoms with Gasteiger partial charge >= 0.3 is 0 Å². The summed E-state index contributed by atoms with van der Waals surface area (Å²) in [6, 6.07) is 13.5. The van der Waals surface area contributed by atoms with Crippen molar-refractivity contribution in [3.8, 4) is 0 Å². The van der Waals surface area contributed by atoms with Crippen LogP contribution in [0.4, 0.5) is 0 Å². The Balaban J connectivity index is 2.28. The van der Waals surface area contributed by atoms with Crippen LogP contribution in [0.5, 0.6) is 0 Å². The molecule has 0 bridgehead atoms. The van der Waals surface area contributed by atoms with Gasteiger partial charge in [-0.3, -0.25) is 4.98 Å². The van der Waals surface area contributed by atoms with E-state index in [4.69, 9.17) is 0 Å². The van der Waals surface area contributed by atoms with Gasteiger partial charge in [-0.1, -0.05) is 44.5 Å². The molecule has 0 amide bonds. The van der Waals surface area contributed by atoms with Gasteiger partial charge in [0, 0.05) is 11.9 Å². The number of aryl methyl sites for hydroxylation is 2. The minimum Gasteiger partial charge on any atom is -0.307 e. The fraction of sp³-hybridized carbons (Fsp3) is 0.389. The summed E-state index contributed by atoms with van der Waals surface area (Å²) >= 11 is 0. The van der Waals surface area contributed by atoms with Crippen LogP contribution in [-0.2, 0) is 6.42 Å². The standard InChI is InChI=1S/C18H24N2/c1-4-6-15-7-9-16(10-8-15)18(19-5-2)17-11-12-20-14(3)13-17/h7-13,18-19H,4-6H2,1-3H3. The Morgan fingerprint density at radius 2 is 1.80 bits per heavy atom. The van der Waals surface area contributed by atoms with Crippen molar-refractivity contribution < 1.29 is 0 Å². The van der Waals surface area contributed by atoms with E-state index in [0.717, 1.165) is 18.7 Å². The van der Waals surface area contributed by atoms with Crippen molar-refractivity contribution in [2.45, 2.75) is 39.7 Å². The zero-order valence-electron chi connectivity index (χ0n) is 12.7. The first-order chi connectivity index (χ1) is 9.74. The van der Waals surface area contributed by atoms with Gasteiger partial charge in [0.2, 0.25) is 0 Å². The highest BCUT2D eigenvalue weighted by molar-refractivity contribution is 5.33. The van der Waals surface area contributed by atoms with Crippen LogP contribution in [0.15, 0.2) is 42.6 Å². The molecule has 0 radical (unpaired) electrons. The fourth-order valence-corrected chi connectivity index (χ4v) is 2.54. The van der Waals surface area contributed by atoms with E-state index in [-0.39, 0.29) is 6.04 Å². The van der Waals surface area contributed by atoms with Crippen LogP contribution in [0.2, 0.25) is 0 Å². The van der Waals surface area contributed by atoms with Gasteiger partial charge in [0.1, 0.15) is 0 Å². The van der Waals surface area contributed by atoms with Crippen molar-refractivity contribution in [3.63, 3.8) is 0 Å². The lowest BCUT2D eigenvalue weighted by molar-refractivity contribution is 0.629. The summed E-state index contributed by atoms with van der Waals surface area (Å²) in [5.41, 5.74) is 5.07. The van der Waals surface area contributed by atoms with Crippen molar-refractivity contribution in [2.75, 3.05) is 6.54 Å². The molecular weight excluding hydrogens is 244 g/mol. The number of pyridine rings is 1. The molecule has 0 saturated carbocycles. The summed E-state index contributed by atoms with van der Waals surface area (Å²) in [4.78, 5) is 4.29. The summed E-state index contributed by atoms with van der Waals surface area (Å²) in [7, 11) is 0. The first kappa shape index (κ1) is 14.7. The predicted molar refractivity (Wildman–Crippen MR) is 84.9 cm³/mol. The largest absolute Gasteiger partial charge is 0.307 e. The Bertz CT molecular complexity index is 531. The second-order valence-electron chi connectivity index (χ2n) is 5.21. The molecule has 1 heterocycles. The number of rotatable bonds is 6. The van der Waals surface area contributed by atoms with Crippen molar-refractivity contribution >= 4 is 0 Å². The van der Waals surface area contributed by atoms with E-state index in [0.29, 0.717) is 0 Å². The van der Waals surface area contributed by atoms with Crippen LogP contribution in [-0.4, -0.2) is 11.5 Å². The summed E-state index contributed by atoms with van der Waals surface area (Å²) in [5, 5.41) is 3.57. The molecule has 0 saturated heterocycles. The molecule has 2 aromatic rings. The van der Waals surface area contributed by atoms with E-state index in [9.17, 15) is 0 Å². The Hall–Kier alpha value is -1.67. The predicted octanol–water partition coefficient (Wildman–Crippen LogP) is 4.04. The molecule has 1 N–H and O–H groups in total. The number of hydrogen-bond acceptors (Lipinski definition) is 2. The normalized spacial score (nSPS) is 12.3. The summed E-state index contributed by atoms with van der Waals surface area (Å²) < 4.78 is 0. The van der Waals surface area contributed by atoms with E-state index >= 15 is 0 Å². The van der Waals surface area contributed by atoms with Crippen LogP contribution in [0, 0.1) is 6.92 Å². The van der Waals surface area contributed by atoms with E-state index in [1.165, 1.54) is 23.1 Å². The zero-order valence-corrected chi connectivity index (χ0v) is 12.7. The monoisotopic (exact) mass is 268 g/mol. The zero-order chi connectivity index (χ0) is 14.4. The van der Waals surface area contributed by atoms with E-state index in [1.807, 2.05) is 13.1 Å². The SMILES string of the molecule is CCCc1ccc(C(NCC)c2ccnc(C)c2)cc1. The molecular formula is C18H24N2. The fourth-order valence-electron chi connectivity index (χ4n) is 2.54. The number of nitrogens with zero attached hydrogens (tertiary/aromatic N) is 1. The van der Waals surface area contributed by atoms with Crippen molar-refractivity contribution in [1.29, 1.82) is 0 Å². The number of hydrogen-bond donors (Lipinski definition) is 1. The third-order valence-electron chi connectivity index (χ3n) is 3.51. The molecule has 0 spiro atoms. The smallest absolute Gasteiger partial charge is 0.0577 e. The van der Waals surface area contributed by atoms with Crippen molar-refractivity contribution in [1.82, 2.24) is 10.3 Å². The molecule has 1 aromatic carbocycles. The highest BCUT2D eigenvalue weighted by Gasteiger charge is 2.13. The van der Waals surface area contributed by atoms with Gasteiger partial charge in [-0.15, -0.1) is 0 Å². The summed E-state index contributed by atoms with van der Waals surface area (Å²) in [6.07, 6.45) is 4.24. The lowest BCUT2D eigenvalue weighted by Crippen LogP contribution is -2.22. The molecule has 2 rings (SSSR count). The Labute approximate surface area is 122 Å². The van der Waals surface area contributed by atoms with Crippen LogP contribution in [0.3, 0.4) is 0 Å². The van der Waals surface area contributed by atoms with Crippen molar-refractivity contribution in [2.24, 2.45) is 0 Å². The molecule has 1 unspecified atom stereocenters. The van der Waals surface area contributed by atoms with Crippen LogP contribution < -0.4 is 5.32 Å². The van der Waals surface area contributed by atoms with Crippen LogP contribution in [0.25, 0.3) is 0 Å². The highest BCUT2D eigenvalue weighted by atomic mass is 14.9. The van der Waals surface area contributed by atoms with E-state index < -0.39 is 0 Å². The van der Waals surface area contributed by atoms with Crippen LogP contribution >= 0.6 is 0 Å². The van der Waals surface area contributed by atoms with Gasteiger partial charge in [0.15, 0.2) is 0 Å². The first-order valence-corrected chi connectivity index (χ1v) is 7.49. The van der Waals surface area contributed by atoms with Gasteiger partial charge in [-0.25, -0.2) is 0 Å². The van der Waals surface area contributed by atoms with Gasteiger partial charge in [-0.05, 0) is 48.7 Å². The quantitative estimate of drug-likeness (QED) is 0.855. The Kier molecular flexibility index (Phi) is 5.31. The molecule has 1 atom stereocenters. The third-order valence-corrected chi connectivity index (χ3v) is 3.51. The third kappa shape index (κ3) is 3.67. The Morgan fingerprint density at radius 3 is 2.40 bits per heavy atom. The lowest BCUT2D eigenvalue weighted by Gasteiger charge is -2.19. The maximum absolute atomic E-state index is 4.29. The molecule has 2 heteroatoms. The minimum absolute atomic E-state index is 0.248. The molecule has 106 valence electrons. The van der Waals surface area contributed by atoms with Crippen LogP contribution in [0.1, 0.15) is 48.7 Å². The number of nitrogens with one attached hydrogen (secondary N) is 1. The Morgan fingerprint density at radius 1 is 1.05 bits per heavy atom. The summed E-state index contributed by atoms with van der Waals surface area (Å²) in [5.74, 6) is 0. The molecule has 0 fully saturated rings. The molecule has 0 aliphatic rings. The first-order valence-electron chi connectivity index (χ1n) is 7.49. The van der Waals surface area contributed by atoms with Crippen molar-refractivity contribution in [3.05, 3.63) is 65.0 Å². The van der Waals surface area contributed by atoms with E-state index in [1.54, 1.807) is 0 Å². The molecule has 2 nitrogen and oxygen atoms in total. The molecule has 0 aliphatic heterocycles. The van der Waals surface area contributed by atoms with Gasteiger partial charge < -0.3 is 5.32 Å². The highest BCUT2D eigenvalue weighted by Crippen LogP contribution is 2.22. The number of benzene rings is 1. The second-order valence-corrected chi connectivity index (χ2v) is 5.21. The average molecular weight is 268 g/mol. The van der Waals surface area contributed by atoms with Gasteiger partial charge in [-0.2, -0.15) is 0 Å². The van der Waals surface area contributed by atoms with Gasteiger partial charge in [0.05, 0.1) is 6.04 Å². The maximum atomic E-state index is 4.29. The van der Waals surface area contributed by atoms with Gasteiger partial charge in [0.25, 0.3) is 0 Å². The number of aromatic nitrogens is 1. The maximum Gasteiger partial charge on any atom is 0.0577 e. The minimum atomic E-state index is 0.248. The molecule has 0 aliphatic carbocycles.